The van der Waals surface area contributed by atoms with Crippen molar-refractivity contribution in [1.29, 1.82) is 5.41 Å². The van der Waals surface area contributed by atoms with Crippen molar-refractivity contribution >= 4 is 29.5 Å². The van der Waals surface area contributed by atoms with E-state index in [-0.39, 0.29) is 11.3 Å². The lowest BCUT2D eigenvalue weighted by molar-refractivity contribution is -0.176. The number of nitrogens with zero attached hydrogens (tertiary/aromatic N) is 1. The molecule has 0 saturated heterocycles. The predicted octanol–water partition coefficient (Wildman–Crippen LogP) is 4.69. The van der Waals surface area contributed by atoms with Crippen LogP contribution in [0.25, 0.3) is 11.6 Å². The molecule has 6 nitrogen and oxygen atoms in total. The number of anilines is 1. The summed E-state index contributed by atoms with van der Waals surface area (Å²) < 4.78 is 55.1. The molecule has 0 aliphatic heterocycles. The number of rotatable bonds is 10. The van der Waals surface area contributed by atoms with Gasteiger partial charge in [0.15, 0.2) is 0 Å². The van der Waals surface area contributed by atoms with Crippen molar-refractivity contribution in [3.8, 4) is 0 Å². The molecule has 1 aromatic heterocycles. The fourth-order valence-electron chi connectivity index (χ4n) is 2.83. The molecule has 3 N–H and O–H groups in total. The van der Waals surface area contributed by atoms with Gasteiger partial charge in [0, 0.05) is 48.1 Å². The zero-order valence-corrected chi connectivity index (χ0v) is 17.5. The molecule has 1 aliphatic rings. The van der Waals surface area contributed by atoms with Gasteiger partial charge in [0.25, 0.3) is 0 Å². The number of carbonyl (C=O) groups excluding carboxylic acids is 1. The molecule has 0 spiro atoms. The Morgan fingerprint density at radius 1 is 1.27 bits per heavy atom. The lowest BCUT2D eigenvalue weighted by Gasteiger charge is -2.09. The van der Waals surface area contributed by atoms with E-state index in [1.165, 1.54) is 30.5 Å². The third-order valence-corrected chi connectivity index (χ3v) is 4.61. The third-order valence-electron chi connectivity index (χ3n) is 4.61. The number of aromatic nitrogens is 1. The highest BCUT2D eigenvalue weighted by Gasteiger charge is 2.27. The first-order valence-corrected chi connectivity index (χ1v) is 10.1. The zero-order chi connectivity index (χ0) is 23.8. The normalized spacial score (nSPS) is 14.4. The average molecular weight is 462 g/mol. The molecule has 1 amide bonds. The maximum Gasteiger partial charge on any atom is 0.411 e. The number of alkyl halides is 3. The van der Waals surface area contributed by atoms with Crippen LogP contribution < -0.4 is 10.6 Å². The maximum atomic E-state index is 14.2. The lowest BCUT2D eigenvalue weighted by Crippen LogP contribution is -2.16. The SMILES string of the molecule is N=C/C(=C\NC1CC1)c1ccncc1/C=C/C(=O)Nc1ccc(COCC(F)(F)F)cc1F. The van der Waals surface area contributed by atoms with Gasteiger partial charge in [-0.1, -0.05) is 6.07 Å². The molecule has 0 radical (unpaired) electrons. The summed E-state index contributed by atoms with van der Waals surface area (Å²) in [6.45, 7) is -1.84. The number of hydrogen-bond acceptors (Lipinski definition) is 5. The van der Waals surface area contributed by atoms with Crippen LogP contribution in [0.2, 0.25) is 0 Å². The standard InChI is InChI=1S/C23H22F4N4O2/c24-20-9-15(13-33-14-23(25,26)27)1-5-21(20)31-22(32)6-2-16-11-29-8-7-19(16)17(10-28)12-30-18-3-4-18/h1-2,5-12,18,28,30H,3-4,13-14H2,(H,31,32)/b6-2+,17-12+,28-10?. The monoisotopic (exact) mass is 462 g/mol. The number of ether oxygens (including phenoxy) is 1. The molecule has 3 rings (SSSR count). The van der Waals surface area contributed by atoms with Gasteiger partial charge in [-0.15, -0.1) is 0 Å². The van der Waals surface area contributed by atoms with E-state index in [1.54, 1.807) is 24.7 Å². The minimum absolute atomic E-state index is 0.121. The van der Waals surface area contributed by atoms with Gasteiger partial charge in [0.2, 0.25) is 5.91 Å². The summed E-state index contributed by atoms with van der Waals surface area (Å²) in [6, 6.07) is 5.77. The van der Waals surface area contributed by atoms with Crippen LogP contribution in [0.3, 0.4) is 0 Å². The molecular formula is C23H22F4N4O2. The quantitative estimate of drug-likeness (QED) is 0.272. The zero-order valence-electron chi connectivity index (χ0n) is 17.5. The van der Waals surface area contributed by atoms with E-state index in [9.17, 15) is 22.4 Å². The van der Waals surface area contributed by atoms with E-state index in [0.29, 0.717) is 22.7 Å². The van der Waals surface area contributed by atoms with Gasteiger partial charge in [0.1, 0.15) is 12.4 Å². The molecular weight excluding hydrogens is 440 g/mol. The molecule has 0 atom stereocenters. The number of pyridine rings is 1. The van der Waals surface area contributed by atoms with Crippen LogP contribution in [-0.4, -0.2) is 35.9 Å². The largest absolute Gasteiger partial charge is 0.411 e. The second-order valence-corrected chi connectivity index (χ2v) is 7.39. The molecule has 1 fully saturated rings. The van der Waals surface area contributed by atoms with Crippen molar-refractivity contribution in [2.75, 3.05) is 11.9 Å². The van der Waals surface area contributed by atoms with Crippen LogP contribution >= 0.6 is 0 Å². The minimum Gasteiger partial charge on any atom is -0.388 e. The molecule has 1 heterocycles. The number of halogens is 4. The Morgan fingerprint density at radius 3 is 2.73 bits per heavy atom. The van der Waals surface area contributed by atoms with Crippen LogP contribution in [-0.2, 0) is 16.1 Å². The summed E-state index contributed by atoms with van der Waals surface area (Å²) in [7, 11) is 0. The molecule has 1 aromatic carbocycles. The molecule has 33 heavy (non-hydrogen) atoms. The molecule has 10 heteroatoms. The summed E-state index contributed by atoms with van der Waals surface area (Å²) in [5.41, 5.74) is 2.00. The summed E-state index contributed by atoms with van der Waals surface area (Å²) in [5, 5.41) is 13.3. The third kappa shape index (κ3) is 7.83. The molecule has 1 saturated carbocycles. The summed E-state index contributed by atoms with van der Waals surface area (Å²) >= 11 is 0. The highest BCUT2D eigenvalue weighted by molar-refractivity contribution is 6.10. The predicted molar refractivity (Wildman–Crippen MR) is 117 cm³/mol. The van der Waals surface area contributed by atoms with Crippen molar-refractivity contribution in [3.05, 3.63) is 71.4 Å². The van der Waals surface area contributed by atoms with Crippen molar-refractivity contribution in [2.24, 2.45) is 0 Å². The Labute approximate surface area is 187 Å². The van der Waals surface area contributed by atoms with E-state index in [4.69, 9.17) is 5.41 Å². The number of benzene rings is 1. The Bertz CT molecular complexity index is 1060. The molecule has 1 aliphatic carbocycles. The van der Waals surface area contributed by atoms with Crippen molar-refractivity contribution < 1.29 is 27.1 Å². The molecule has 174 valence electrons. The number of nitrogens with one attached hydrogen (secondary N) is 3. The Hall–Kier alpha value is -3.53. The topological polar surface area (TPSA) is 87.1 Å². The van der Waals surface area contributed by atoms with Crippen LogP contribution in [0, 0.1) is 11.2 Å². The van der Waals surface area contributed by atoms with E-state index < -0.39 is 31.1 Å². The Balaban J connectivity index is 1.63. The highest BCUT2D eigenvalue weighted by atomic mass is 19.4. The first-order valence-electron chi connectivity index (χ1n) is 10.1. The van der Waals surface area contributed by atoms with Crippen LogP contribution in [0.4, 0.5) is 23.2 Å². The summed E-state index contributed by atoms with van der Waals surface area (Å²) in [4.78, 5) is 16.3. The lowest BCUT2D eigenvalue weighted by atomic mass is 10.0. The first-order chi connectivity index (χ1) is 15.7. The smallest absolute Gasteiger partial charge is 0.388 e. The number of hydrogen-bond donors (Lipinski definition) is 3. The molecule has 0 unspecified atom stereocenters. The second kappa shape index (κ2) is 10.9. The van der Waals surface area contributed by atoms with Crippen molar-refractivity contribution in [2.45, 2.75) is 31.7 Å². The van der Waals surface area contributed by atoms with Crippen molar-refractivity contribution in [1.82, 2.24) is 10.3 Å². The fourth-order valence-corrected chi connectivity index (χ4v) is 2.83. The number of allylic oxidation sites excluding steroid dienone is 1. The highest BCUT2D eigenvalue weighted by Crippen LogP contribution is 2.22. The molecule has 2 aromatic rings. The fraction of sp³-hybridized carbons (Fsp3) is 0.261. The van der Waals surface area contributed by atoms with E-state index in [1.807, 2.05) is 0 Å². The van der Waals surface area contributed by atoms with Gasteiger partial charge >= 0.3 is 6.18 Å². The Morgan fingerprint density at radius 2 is 2.06 bits per heavy atom. The summed E-state index contributed by atoms with van der Waals surface area (Å²) in [6.07, 6.45) is 6.51. The van der Waals surface area contributed by atoms with Gasteiger partial charge < -0.3 is 20.8 Å². The second-order valence-electron chi connectivity index (χ2n) is 7.39. The van der Waals surface area contributed by atoms with Gasteiger partial charge in [-0.2, -0.15) is 13.2 Å². The number of carbonyl (C=O) groups is 1. The van der Waals surface area contributed by atoms with E-state index >= 15 is 0 Å². The first kappa shape index (κ1) is 24.1. The van der Waals surface area contributed by atoms with Gasteiger partial charge in [0.05, 0.1) is 12.3 Å². The van der Waals surface area contributed by atoms with E-state index in [2.05, 4.69) is 20.4 Å². The minimum atomic E-state index is -4.46. The number of amides is 1. The van der Waals surface area contributed by atoms with Gasteiger partial charge in [-0.05, 0) is 48.2 Å². The Kier molecular flexibility index (Phi) is 7.94. The van der Waals surface area contributed by atoms with Crippen LogP contribution in [0.1, 0.15) is 29.5 Å². The van der Waals surface area contributed by atoms with Crippen LogP contribution in [0.15, 0.2) is 48.9 Å². The maximum absolute atomic E-state index is 14.2. The van der Waals surface area contributed by atoms with Gasteiger partial charge in [-0.3, -0.25) is 9.78 Å². The van der Waals surface area contributed by atoms with Crippen LogP contribution in [0.5, 0.6) is 0 Å². The van der Waals surface area contributed by atoms with Crippen molar-refractivity contribution in [3.63, 3.8) is 0 Å². The van der Waals surface area contributed by atoms with Gasteiger partial charge in [-0.25, -0.2) is 4.39 Å². The van der Waals surface area contributed by atoms with E-state index in [0.717, 1.165) is 18.9 Å². The summed E-state index contributed by atoms with van der Waals surface area (Å²) in [5.74, 6) is -1.41. The average Bonchev–Trinajstić information content (AvgIpc) is 3.59. The molecule has 0 bridgehead atoms.